The molecule has 20 heavy (non-hydrogen) atoms. The zero-order valence-electron chi connectivity index (χ0n) is 12.5. The van der Waals surface area contributed by atoms with Gasteiger partial charge in [0.2, 0.25) is 0 Å². The molecule has 0 radical (unpaired) electrons. The number of rotatable bonds is 1. The number of carbonyl (C=O) groups is 2. The molecule has 0 saturated carbocycles. The van der Waals surface area contributed by atoms with Gasteiger partial charge >= 0.3 is 12.0 Å². The smallest absolute Gasteiger partial charge is 0.320 e. The van der Waals surface area contributed by atoms with Gasteiger partial charge in [0.05, 0.1) is 5.92 Å². The summed E-state index contributed by atoms with van der Waals surface area (Å²) in [6, 6.07) is 0.0129. The highest BCUT2D eigenvalue weighted by Crippen LogP contribution is 2.31. The first kappa shape index (κ1) is 15.5. The zero-order chi connectivity index (χ0) is 14.9. The zero-order valence-corrected chi connectivity index (χ0v) is 13.3. The van der Waals surface area contributed by atoms with Gasteiger partial charge in [-0.05, 0) is 12.3 Å². The molecule has 0 aliphatic carbocycles. The van der Waals surface area contributed by atoms with Crippen molar-refractivity contribution in [1.29, 1.82) is 0 Å². The SMILES string of the molecule is CC1CN(C(=O)N2CCSC(C)(C)CC2)CC1C(=O)O. The lowest BCUT2D eigenvalue weighted by Gasteiger charge is -2.27. The first-order valence-corrected chi connectivity index (χ1v) is 8.19. The average Bonchev–Trinajstić information content (AvgIpc) is 2.65. The molecular formula is C14H24N2O3S. The van der Waals surface area contributed by atoms with Gasteiger partial charge in [-0.3, -0.25) is 4.79 Å². The summed E-state index contributed by atoms with van der Waals surface area (Å²) in [4.78, 5) is 27.3. The molecule has 1 N–H and O–H groups in total. The molecule has 2 amide bonds. The monoisotopic (exact) mass is 300 g/mol. The predicted molar refractivity (Wildman–Crippen MR) is 80.0 cm³/mol. The number of thioether (sulfide) groups is 1. The Hall–Kier alpha value is -0.910. The van der Waals surface area contributed by atoms with Gasteiger partial charge in [-0.25, -0.2) is 4.79 Å². The van der Waals surface area contributed by atoms with Gasteiger partial charge in [0.15, 0.2) is 0 Å². The predicted octanol–water partition coefficient (Wildman–Crippen LogP) is 1.98. The molecule has 2 aliphatic rings. The fourth-order valence-electron chi connectivity index (χ4n) is 2.86. The molecular weight excluding hydrogens is 276 g/mol. The van der Waals surface area contributed by atoms with Crippen molar-refractivity contribution in [2.75, 3.05) is 31.9 Å². The van der Waals surface area contributed by atoms with Crippen LogP contribution < -0.4 is 0 Å². The summed E-state index contributed by atoms with van der Waals surface area (Å²) in [5, 5.41) is 9.15. The van der Waals surface area contributed by atoms with Crippen molar-refractivity contribution in [3.8, 4) is 0 Å². The number of amides is 2. The molecule has 0 aromatic heterocycles. The summed E-state index contributed by atoms with van der Waals surface area (Å²) >= 11 is 1.90. The van der Waals surface area contributed by atoms with E-state index < -0.39 is 11.9 Å². The van der Waals surface area contributed by atoms with E-state index in [0.717, 1.165) is 25.3 Å². The van der Waals surface area contributed by atoms with Crippen LogP contribution in [-0.4, -0.2) is 63.6 Å². The van der Waals surface area contributed by atoms with Crippen molar-refractivity contribution >= 4 is 23.8 Å². The molecule has 0 aromatic rings. The van der Waals surface area contributed by atoms with Crippen LogP contribution in [0.2, 0.25) is 0 Å². The molecule has 6 heteroatoms. The second-order valence-electron chi connectivity index (χ2n) is 6.45. The second-order valence-corrected chi connectivity index (χ2v) is 8.26. The Balaban J connectivity index is 1.97. The first-order chi connectivity index (χ1) is 9.30. The lowest BCUT2D eigenvalue weighted by molar-refractivity contribution is -0.142. The maximum Gasteiger partial charge on any atom is 0.320 e. The summed E-state index contributed by atoms with van der Waals surface area (Å²) in [5.74, 6) is -0.226. The Bertz CT molecular complexity index is 400. The summed E-state index contributed by atoms with van der Waals surface area (Å²) in [6.07, 6.45) is 0.981. The molecule has 2 atom stereocenters. The number of carboxylic acids is 1. The number of aliphatic carboxylic acids is 1. The fourth-order valence-corrected chi connectivity index (χ4v) is 3.96. The van der Waals surface area contributed by atoms with Crippen LogP contribution in [0, 0.1) is 11.8 Å². The number of nitrogens with zero attached hydrogens (tertiary/aromatic N) is 2. The Morgan fingerprint density at radius 3 is 2.50 bits per heavy atom. The van der Waals surface area contributed by atoms with Gasteiger partial charge in [-0.2, -0.15) is 11.8 Å². The standard InChI is InChI=1S/C14H24N2O3S/c1-10-8-16(9-11(10)12(17)18)13(19)15-5-4-14(2,3)20-7-6-15/h10-11H,4-9H2,1-3H3,(H,17,18). The van der Waals surface area contributed by atoms with E-state index in [0.29, 0.717) is 13.1 Å². The average molecular weight is 300 g/mol. The topological polar surface area (TPSA) is 60.9 Å². The molecule has 0 bridgehead atoms. The van der Waals surface area contributed by atoms with Crippen molar-refractivity contribution in [3.05, 3.63) is 0 Å². The van der Waals surface area contributed by atoms with E-state index >= 15 is 0 Å². The van der Waals surface area contributed by atoms with E-state index in [1.54, 1.807) is 4.90 Å². The van der Waals surface area contributed by atoms with Crippen LogP contribution in [0.15, 0.2) is 0 Å². The van der Waals surface area contributed by atoms with E-state index in [1.165, 1.54) is 0 Å². The molecule has 0 aromatic carbocycles. The largest absolute Gasteiger partial charge is 0.481 e. The highest BCUT2D eigenvalue weighted by atomic mass is 32.2. The van der Waals surface area contributed by atoms with Crippen LogP contribution in [0.1, 0.15) is 27.2 Å². The van der Waals surface area contributed by atoms with E-state index in [-0.39, 0.29) is 16.7 Å². The minimum absolute atomic E-state index is 0.0129. The van der Waals surface area contributed by atoms with E-state index in [1.807, 2.05) is 23.6 Å². The van der Waals surface area contributed by atoms with Crippen molar-refractivity contribution in [1.82, 2.24) is 9.80 Å². The molecule has 2 aliphatic heterocycles. The highest BCUT2D eigenvalue weighted by Gasteiger charge is 2.39. The van der Waals surface area contributed by atoms with Crippen LogP contribution in [0.5, 0.6) is 0 Å². The van der Waals surface area contributed by atoms with Crippen LogP contribution in [0.25, 0.3) is 0 Å². The molecule has 2 unspecified atom stereocenters. The van der Waals surface area contributed by atoms with Gasteiger partial charge < -0.3 is 14.9 Å². The van der Waals surface area contributed by atoms with Crippen LogP contribution in [0.3, 0.4) is 0 Å². The number of urea groups is 1. The lowest BCUT2D eigenvalue weighted by Crippen LogP contribution is -2.43. The molecule has 2 rings (SSSR count). The Morgan fingerprint density at radius 2 is 1.90 bits per heavy atom. The minimum atomic E-state index is -0.791. The van der Waals surface area contributed by atoms with Crippen LogP contribution >= 0.6 is 11.8 Å². The third-order valence-electron chi connectivity index (χ3n) is 4.31. The summed E-state index contributed by atoms with van der Waals surface area (Å²) in [7, 11) is 0. The molecule has 2 heterocycles. The Kier molecular flexibility index (Phi) is 4.52. The summed E-state index contributed by atoms with van der Waals surface area (Å²) < 4.78 is 0.219. The van der Waals surface area contributed by atoms with Crippen LogP contribution in [0.4, 0.5) is 4.79 Å². The maximum atomic E-state index is 12.5. The first-order valence-electron chi connectivity index (χ1n) is 7.21. The maximum absolute atomic E-state index is 12.5. The molecule has 0 spiro atoms. The van der Waals surface area contributed by atoms with E-state index in [2.05, 4.69) is 13.8 Å². The second kappa shape index (κ2) is 5.84. The van der Waals surface area contributed by atoms with Gasteiger partial charge in [-0.1, -0.05) is 20.8 Å². The minimum Gasteiger partial charge on any atom is -0.481 e. The normalized spacial score (nSPS) is 30.1. The number of hydrogen-bond donors (Lipinski definition) is 1. The van der Waals surface area contributed by atoms with Gasteiger partial charge in [0, 0.05) is 36.7 Å². The molecule has 5 nitrogen and oxygen atoms in total. The number of hydrogen-bond acceptors (Lipinski definition) is 3. The Labute approximate surface area is 124 Å². The lowest BCUT2D eigenvalue weighted by atomic mass is 9.99. The molecule has 2 fully saturated rings. The fraction of sp³-hybridized carbons (Fsp3) is 0.857. The number of likely N-dealkylation sites (tertiary alicyclic amines) is 1. The van der Waals surface area contributed by atoms with Gasteiger partial charge in [-0.15, -0.1) is 0 Å². The number of carboxylic acid groups (broad SMARTS) is 1. The quantitative estimate of drug-likeness (QED) is 0.804. The van der Waals surface area contributed by atoms with Crippen molar-refractivity contribution < 1.29 is 14.7 Å². The van der Waals surface area contributed by atoms with Crippen molar-refractivity contribution in [3.63, 3.8) is 0 Å². The van der Waals surface area contributed by atoms with Crippen molar-refractivity contribution in [2.24, 2.45) is 11.8 Å². The summed E-state index contributed by atoms with van der Waals surface area (Å²) in [5.41, 5.74) is 0. The highest BCUT2D eigenvalue weighted by molar-refractivity contribution is 8.00. The van der Waals surface area contributed by atoms with E-state index in [4.69, 9.17) is 5.11 Å². The summed E-state index contributed by atoms with van der Waals surface area (Å²) in [6.45, 7) is 8.77. The van der Waals surface area contributed by atoms with Crippen LogP contribution in [-0.2, 0) is 4.79 Å². The Morgan fingerprint density at radius 1 is 1.20 bits per heavy atom. The third-order valence-corrected chi connectivity index (χ3v) is 5.68. The van der Waals surface area contributed by atoms with E-state index in [9.17, 15) is 9.59 Å². The number of carbonyl (C=O) groups excluding carboxylic acids is 1. The van der Waals surface area contributed by atoms with Gasteiger partial charge in [0.1, 0.15) is 0 Å². The molecule has 2 saturated heterocycles. The third kappa shape index (κ3) is 3.40. The van der Waals surface area contributed by atoms with Gasteiger partial charge in [0.25, 0.3) is 0 Å². The molecule has 114 valence electrons. The van der Waals surface area contributed by atoms with Crippen molar-refractivity contribution in [2.45, 2.75) is 31.9 Å².